The molecule has 0 saturated carbocycles. The fourth-order valence-corrected chi connectivity index (χ4v) is 5.15. The second-order valence-electron chi connectivity index (χ2n) is 8.49. The van der Waals surface area contributed by atoms with Crippen LogP contribution >= 0.6 is 11.3 Å². The van der Waals surface area contributed by atoms with Crippen molar-refractivity contribution in [3.8, 4) is 5.75 Å². The number of fused-ring (bicyclic) bond motifs is 1. The van der Waals surface area contributed by atoms with Crippen molar-refractivity contribution >= 4 is 22.2 Å². The van der Waals surface area contributed by atoms with Crippen LogP contribution in [0.15, 0.2) is 69.4 Å². The number of furan rings is 1. The quantitative estimate of drug-likeness (QED) is 0.276. The molecule has 186 valence electrons. The van der Waals surface area contributed by atoms with Crippen LogP contribution in [0.1, 0.15) is 48.3 Å². The molecule has 1 atom stereocenters. The number of aromatic nitrogens is 5. The molecule has 0 amide bonds. The van der Waals surface area contributed by atoms with Crippen LogP contribution in [0.5, 0.6) is 5.75 Å². The molecule has 0 unspecified atom stereocenters. The topological polar surface area (TPSA) is 102 Å². The van der Waals surface area contributed by atoms with E-state index in [1.807, 2.05) is 49.4 Å². The number of nitrogens with zero attached hydrogens (tertiary/aromatic N) is 5. The second kappa shape index (κ2) is 10.9. The molecule has 36 heavy (non-hydrogen) atoms. The molecule has 0 fully saturated rings. The van der Waals surface area contributed by atoms with E-state index in [2.05, 4.69) is 43.8 Å². The molecule has 0 aliphatic carbocycles. The van der Waals surface area contributed by atoms with Gasteiger partial charge in [0.05, 0.1) is 18.9 Å². The van der Waals surface area contributed by atoms with E-state index >= 15 is 0 Å². The first-order valence-electron chi connectivity index (χ1n) is 12.0. The summed E-state index contributed by atoms with van der Waals surface area (Å²) in [5.74, 6) is 2.29. The van der Waals surface area contributed by atoms with E-state index in [0.717, 1.165) is 34.7 Å². The molecule has 0 aliphatic rings. The number of tetrazole rings is 1. The molecule has 5 aromatic rings. The zero-order chi connectivity index (χ0) is 24.9. The fraction of sp³-hybridized carbons (Fsp3) is 0.308. The first-order chi connectivity index (χ1) is 17.6. The largest absolute Gasteiger partial charge is 0.494 e. The number of thiophene rings is 1. The predicted octanol–water partition coefficient (Wildman–Crippen LogP) is 4.77. The normalized spacial score (nSPS) is 12.4. The number of hydrogen-bond donors (Lipinski definition) is 1. The van der Waals surface area contributed by atoms with Gasteiger partial charge >= 0.3 is 0 Å². The van der Waals surface area contributed by atoms with Gasteiger partial charge < -0.3 is 14.1 Å². The second-order valence-corrected chi connectivity index (χ2v) is 9.52. The summed E-state index contributed by atoms with van der Waals surface area (Å²) in [4.78, 5) is 19.6. The van der Waals surface area contributed by atoms with Gasteiger partial charge in [0.15, 0.2) is 5.82 Å². The van der Waals surface area contributed by atoms with Gasteiger partial charge in [0.2, 0.25) is 0 Å². The zero-order valence-corrected chi connectivity index (χ0v) is 21.1. The van der Waals surface area contributed by atoms with Crippen LogP contribution in [0.25, 0.3) is 10.9 Å². The molecule has 4 aromatic heterocycles. The number of aromatic amines is 1. The summed E-state index contributed by atoms with van der Waals surface area (Å²) in [6, 6.07) is 15.5. The minimum atomic E-state index is -0.109. The predicted molar refractivity (Wildman–Crippen MR) is 138 cm³/mol. The third kappa shape index (κ3) is 5.24. The van der Waals surface area contributed by atoms with Crippen LogP contribution in [0.3, 0.4) is 0 Å². The highest BCUT2D eigenvalue weighted by molar-refractivity contribution is 7.09. The summed E-state index contributed by atoms with van der Waals surface area (Å²) in [5.41, 5.74) is 1.36. The lowest BCUT2D eigenvalue weighted by atomic mass is 10.1. The van der Waals surface area contributed by atoms with Crippen molar-refractivity contribution in [1.82, 2.24) is 30.1 Å². The number of rotatable bonds is 11. The van der Waals surface area contributed by atoms with Crippen LogP contribution in [-0.2, 0) is 19.6 Å². The van der Waals surface area contributed by atoms with Crippen molar-refractivity contribution in [3.63, 3.8) is 0 Å². The highest BCUT2D eigenvalue weighted by Gasteiger charge is 2.26. The average Bonchev–Trinajstić information content (AvgIpc) is 3.65. The highest BCUT2D eigenvalue weighted by atomic mass is 32.1. The van der Waals surface area contributed by atoms with Crippen molar-refractivity contribution in [3.05, 3.63) is 92.6 Å². The Bertz CT molecular complexity index is 1460. The van der Waals surface area contributed by atoms with Crippen LogP contribution in [0.2, 0.25) is 0 Å². The van der Waals surface area contributed by atoms with Gasteiger partial charge in [-0.25, -0.2) is 4.68 Å². The van der Waals surface area contributed by atoms with Gasteiger partial charge in [-0.05, 0) is 71.6 Å². The van der Waals surface area contributed by atoms with E-state index in [1.165, 1.54) is 4.88 Å². The lowest BCUT2D eigenvalue weighted by Crippen LogP contribution is -2.32. The van der Waals surface area contributed by atoms with Gasteiger partial charge in [0, 0.05) is 34.4 Å². The lowest BCUT2D eigenvalue weighted by Gasteiger charge is -2.29. The Balaban J connectivity index is 1.50. The molecule has 1 aromatic carbocycles. The van der Waals surface area contributed by atoms with Crippen LogP contribution in [0, 0.1) is 0 Å². The molecule has 0 bridgehead atoms. The Kier molecular flexibility index (Phi) is 7.24. The highest BCUT2D eigenvalue weighted by Crippen LogP contribution is 2.28. The summed E-state index contributed by atoms with van der Waals surface area (Å²) in [6.45, 7) is 6.19. The molecule has 4 heterocycles. The van der Waals surface area contributed by atoms with Crippen molar-refractivity contribution in [2.24, 2.45) is 0 Å². The Hall–Kier alpha value is -3.76. The molecular weight excluding hydrogens is 476 g/mol. The summed E-state index contributed by atoms with van der Waals surface area (Å²) < 4.78 is 12.9. The first kappa shape index (κ1) is 24.0. The number of hydrogen-bond acceptors (Lipinski definition) is 8. The molecular formula is C26H28N6O3S. The van der Waals surface area contributed by atoms with Gasteiger partial charge in [-0.15, -0.1) is 16.4 Å². The van der Waals surface area contributed by atoms with Gasteiger partial charge in [-0.2, -0.15) is 0 Å². The van der Waals surface area contributed by atoms with Crippen molar-refractivity contribution < 1.29 is 9.15 Å². The molecule has 9 nitrogen and oxygen atoms in total. The Morgan fingerprint density at radius 1 is 1.17 bits per heavy atom. The zero-order valence-electron chi connectivity index (χ0n) is 20.3. The standard InChI is InChI=1S/C26H28N6O3S/c1-3-24(25-28-29-30-32(25)16-21-7-5-11-35-21)31(17-22-8-6-12-36-22)15-19-13-18-14-20(34-4-2)9-10-23(18)27-26(19)33/h5-14,24H,3-4,15-17H2,1-2H3,(H,27,33)/t24-/m0/s1. The van der Waals surface area contributed by atoms with E-state index in [-0.39, 0.29) is 11.6 Å². The van der Waals surface area contributed by atoms with Crippen LogP contribution < -0.4 is 10.3 Å². The maximum Gasteiger partial charge on any atom is 0.252 e. The van der Waals surface area contributed by atoms with E-state index in [0.29, 0.717) is 31.8 Å². The Labute approximate surface area is 212 Å². The number of benzene rings is 1. The summed E-state index contributed by atoms with van der Waals surface area (Å²) in [5, 5.41) is 15.6. The van der Waals surface area contributed by atoms with Crippen LogP contribution in [0.4, 0.5) is 0 Å². The number of ether oxygens (including phenoxy) is 1. The average molecular weight is 505 g/mol. The van der Waals surface area contributed by atoms with E-state index in [4.69, 9.17) is 9.15 Å². The molecule has 0 aliphatic heterocycles. The minimum absolute atomic E-state index is 0.104. The van der Waals surface area contributed by atoms with Gasteiger partial charge in [0.1, 0.15) is 18.1 Å². The van der Waals surface area contributed by atoms with Gasteiger partial charge in [-0.3, -0.25) is 9.69 Å². The monoisotopic (exact) mass is 504 g/mol. The Morgan fingerprint density at radius 2 is 2.08 bits per heavy atom. The van der Waals surface area contributed by atoms with Gasteiger partial charge in [0.25, 0.3) is 5.56 Å². The molecule has 0 radical (unpaired) electrons. The first-order valence-corrected chi connectivity index (χ1v) is 12.9. The number of nitrogens with one attached hydrogen (secondary N) is 1. The van der Waals surface area contributed by atoms with Crippen LogP contribution in [-0.4, -0.2) is 36.7 Å². The van der Waals surface area contributed by atoms with Gasteiger partial charge in [-0.1, -0.05) is 13.0 Å². The fourth-order valence-electron chi connectivity index (χ4n) is 4.42. The Morgan fingerprint density at radius 3 is 2.83 bits per heavy atom. The van der Waals surface area contributed by atoms with E-state index in [1.54, 1.807) is 22.3 Å². The molecule has 0 saturated heterocycles. The summed E-state index contributed by atoms with van der Waals surface area (Å²) in [6.07, 6.45) is 2.41. The molecule has 10 heteroatoms. The SMILES string of the molecule is CCOc1ccc2[nH]c(=O)c(CN(Cc3cccs3)[C@@H](CC)c3nnnn3Cc3ccco3)cc2c1. The van der Waals surface area contributed by atoms with Crippen molar-refractivity contribution in [2.45, 2.75) is 45.9 Å². The molecule has 0 spiro atoms. The summed E-state index contributed by atoms with van der Waals surface area (Å²) >= 11 is 1.69. The minimum Gasteiger partial charge on any atom is -0.494 e. The van der Waals surface area contributed by atoms with E-state index in [9.17, 15) is 4.79 Å². The number of H-pyrrole nitrogens is 1. The molecule has 1 N–H and O–H groups in total. The van der Waals surface area contributed by atoms with Crippen molar-refractivity contribution in [1.29, 1.82) is 0 Å². The smallest absolute Gasteiger partial charge is 0.252 e. The lowest BCUT2D eigenvalue weighted by molar-refractivity contribution is 0.162. The van der Waals surface area contributed by atoms with Crippen molar-refractivity contribution in [2.75, 3.05) is 6.61 Å². The van der Waals surface area contributed by atoms with E-state index < -0.39 is 0 Å². The third-order valence-corrected chi connectivity index (χ3v) is 6.95. The molecule has 5 rings (SSSR count). The maximum atomic E-state index is 13.1. The number of pyridine rings is 1. The summed E-state index contributed by atoms with van der Waals surface area (Å²) in [7, 11) is 0. The maximum absolute atomic E-state index is 13.1. The third-order valence-electron chi connectivity index (χ3n) is 6.09.